The van der Waals surface area contributed by atoms with E-state index < -0.39 is 36.5 Å². The molecule has 4 aromatic rings. The Bertz CT molecular complexity index is 1530. The summed E-state index contributed by atoms with van der Waals surface area (Å²) in [4.78, 5) is 13.1. The lowest BCUT2D eigenvalue weighted by atomic mass is 9.94. The Morgan fingerprint density at radius 1 is 1.08 bits per heavy atom. The second kappa shape index (κ2) is 8.43. The molecular weight excluding hydrogens is 509 g/mol. The van der Waals surface area contributed by atoms with Crippen LogP contribution in [0.4, 0.5) is 22.0 Å². The molecule has 0 aliphatic carbocycles. The number of imidazole rings is 1. The number of fused-ring (bicyclic) bond motifs is 9. The van der Waals surface area contributed by atoms with Crippen LogP contribution in [0.3, 0.4) is 0 Å². The van der Waals surface area contributed by atoms with E-state index in [9.17, 15) is 27.1 Å². The highest BCUT2D eigenvalue weighted by Gasteiger charge is 2.50. The van der Waals surface area contributed by atoms with Crippen molar-refractivity contribution in [3.63, 3.8) is 0 Å². The van der Waals surface area contributed by atoms with Gasteiger partial charge in [-0.05, 0) is 49.6 Å². The maximum atomic E-state index is 14.1. The molecule has 2 N–H and O–H groups in total. The van der Waals surface area contributed by atoms with Gasteiger partial charge in [0.2, 0.25) is 0 Å². The summed E-state index contributed by atoms with van der Waals surface area (Å²) in [6.45, 7) is -0.0478. The Morgan fingerprint density at radius 3 is 2.47 bits per heavy atom. The summed E-state index contributed by atoms with van der Waals surface area (Å²) in [6.07, 6.45) is -1.33. The third-order valence-electron chi connectivity index (χ3n) is 6.99. The van der Waals surface area contributed by atoms with Crippen molar-refractivity contribution in [1.82, 2.24) is 24.8 Å². The highest BCUT2D eigenvalue weighted by Crippen LogP contribution is 2.52. The van der Waals surface area contributed by atoms with Crippen LogP contribution in [0, 0.1) is 0 Å². The lowest BCUT2D eigenvalue weighted by Gasteiger charge is -2.28. The van der Waals surface area contributed by atoms with E-state index in [-0.39, 0.29) is 29.1 Å². The van der Waals surface area contributed by atoms with E-state index in [4.69, 9.17) is 4.74 Å². The van der Waals surface area contributed by atoms with Gasteiger partial charge in [0.25, 0.3) is 0 Å². The van der Waals surface area contributed by atoms with Gasteiger partial charge in [0.05, 0.1) is 23.1 Å². The first kappa shape index (κ1) is 24.7. The van der Waals surface area contributed by atoms with E-state index in [2.05, 4.69) is 20.3 Å². The number of aromatic nitrogens is 4. The van der Waals surface area contributed by atoms with Crippen LogP contribution in [0.5, 0.6) is 5.75 Å². The molecule has 0 saturated heterocycles. The maximum Gasteiger partial charge on any atom is 0.407 e. The van der Waals surface area contributed by atoms with Gasteiger partial charge in [-0.25, -0.2) is 15.0 Å². The second-order valence-corrected chi connectivity index (χ2v) is 9.98. The van der Waals surface area contributed by atoms with Gasteiger partial charge < -0.3 is 14.4 Å². The average Bonchev–Trinajstić information content (AvgIpc) is 3.31. The third kappa shape index (κ3) is 3.99. The number of alkyl halides is 5. The minimum absolute atomic E-state index is 0.0615. The van der Waals surface area contributed by atoms with Gasteiger partial charge in [-0.1, -0.05) is 18.2 Å². The normalized spacial score (nSPS) is 20.9. The summed E-state index contributed by atoms with van der Waals surface area (Å²) in [7, 11) is 0. The van der Waals surface area contributed by atoms with Crippen LogP contribution < -0.4 is 10.1 Å². The molecule has 0 saturated carbocycles. The van der Waals surface area contributed by atoms with Crippen LogP contribution in [0.2, 0.25) is 0 Å². The van der Waals surface area contributed by atoms with E-state index >= 15 is 0 Å². The molecule has 3 atom stereocenters. The number of hydrogen-bond donors (Lipinski definition) is 2. The number of rotatable bonds is 4. The van der Waals surface area contributed by atoms with Crippen LogP contribution in [-0.4, -0.2) is 37.4 Å². The van der Waals surface area contributed by atoms with Crippen molar-refractivity contribution in [2.75, 3.05) is 0 Å². The van der Waals surface area contributed by atoms with E-state index in [0.29, 0.717) is 22.4 Å². The number of nitrogens with one attached hydrogen (secondary N) is 1. The number of benzene rings is 2. The first-order valence-corrected chi connectivity index (χ1v) is 11.9. The van der Waals surface area contributed by atoms with E-state index in [1.54, 1.807) is 42.9 Å². The van der Waals surface area contributed by atoms with Gasteiger partial charge in [-0.15, -0.1) is 0 Å². The molecular formula is C26H22F5N5O2. The Hall–Kier alpha value is -3.64. The molecule has 2 aliphatic rings. The molecule has 198 valence electrons. The van der Waals surface area contributed by atoms with Crippen LogP contribution in [0.15, 0.2) is 48.8 Å². The maximum absolute atomic E-state index is 14.1. The number of hydrogen-bond acceptors (Lipinski definition) is 6. The van der Waals surface area contributed by atoms with Crippen molar-refractivity contribution in [3.05, 3.63) is 71.6 Å². The zero-order valence-corrected chi connectivity index (χ0v) is 20.2. The highest BCUT2D eigenvalue weighted by atomic mass is 19.4. The van der Waals surface area contributed by atoms with Crippen molar-refractivity contribution in [1.29, 1.82) is 0 Å². The SMILES string of the molecule is CC(C)(O)c1ncc(-c2ccc3nc4n(c3c2)[C@@H]2C[C@H]4NC(C(F)(F)F)c3cccc(OC(F)F)c32)cn1. The second-order valence-electron chi connectivity index (χ2n) is 9.98. The lowest BCUT2D eigenvalue weighted by molar-refractivity contribution is -0.159. The van der Waals surface area contributed by atoms with Crippen LogP contribution in [0.25, 0.3) is 22.2 Å². The van der Waals surface area contributed by atoms with E-state index in [0.717, 1.165) is 5.56 Å². The fourth-order valence-electron chi connectivity index (χ4n) is 5.41. The number of aliphatic hydroxyl groups is 1. The standard InChI is InChI=1S/C26H22F5N5O2/c1-25(2,37)23-32-10-13(11-33-23)12-6-7-15-17(8-12)36-18-9-16(22(36)35-15)34-21(26(29,30)31)14-4-3-5-19(20(14)18)38-24(27)28/h3-8,10-11,16,18,21,24,34,37H,9H2,1-2H3/t16-,18-,21?/m1/s1. The molecule has 0 amide bonds. The van der Waals surface area contributed by atoms with E-state index in [1.807, 2.05) is 6.07 Å². The van der Waals surface area contributed by atoms with Crippen molar-refractivity contribution >= 4 is 11.0 Å². The van der Waals surface area contributed by atoms with Crippen molar-refractivity contribution < 1.29 is 31.8 Å². The summed E-state index contributed by atoms with van der Waals surface area (Å²) in [6, 6.07) is 5.68. The first-order chi connectivity index (χ1) is 17.9. The number of halogens is 5. The third-order valence-corrected chi connectivity index (χ3v) is 6.99. The van der Waals surface area contributed by atoms with Gasteiger partial charge in [-0.2, -0.15) is 22.0 Å². The summed E-state index contributed by atoms with van der Waals surface area (Å²) in [5, 5.41) is 12.8. The van der Waals surface area contributed by atoms with Crippen molar-refractivity contribution in [3.8, 4) is 16.9 Å². The number of ether oxygens (including phenoxy) is 1. The summed E-state index contributed by atoms with van der Waals surface area (Å²) < 4.78 is 75.5. The molecule has 0 spiro atoms. The van der Waals surface area contributed by atoms with Crippen LogP contribution in [0.1, 0.15) is 61.2 Å². The summed E-state index contributed by atoms with van der Waals surface area (Å²) in [5.41, 5.74) is 1.26. The lowest BCUT2D eigenvalue weighted by Crippen LogP contribution is -2.36. The molecule has 6 rings (SSSR count). The smallest absolute Gasteiger partial charge is 0.407 e. The minimum Gasteiger partial charge on any atom is -0.434 e. The largest absolute Gasteiger partial charge is 0.434 e. The molecule has 2 aromatic heterocycles. The average molecular weight is 531 g/mol. The van der Waals surface area contributed by atoms with Crippen LogP contribution >= 0.6 is 0 Å². The molecule has 0 fully saturated rings. The molecule has 4 heterocycles. The van der Waals surface area contributed by atoms with Gasteiger partial charge in [-0.3, -0.25) is 5.32 Å². The zero-order chi connectivity index (χ0) is 27.0. The van der Waals surface area contributed by atoms with Crippen LogP contribution in [-0.2, 0) is 5.60 Å². The molecule has 2 aliphatic heterocycles. The molecule has 0 radical (unpaired) electrons. The molecule has 7 nitrogen and oxygen atoms in total. The van der Waals surface area contributed by atoms with Gasteiger partial charge >= 0.3 is 12.8 Å². The minimum atomic E-state index is -4.66. The molecule has 38 heavy (non-hydrogen) atoms. The fraction of sp³-hybridized carbons (Fsp3) is 0.346. The molecule has 12 heteroatoms. The number of nitrogens with zero attached hydrogens (tertiary/aromatic N) is 4. The van der Waals surface area contributed by atoms with Gasteiger partial charge in [0.15, 0.2) is 5.82 Å². The molecule has 2 aromatic carbocycles. The predicted molar refractivity (Wildman–Crippen MR) is 127 cm³/mol. The topological polar surface area (TPSA) is 85.1 Å². The van der Waals surface area contributed by atoms with Crippen molar-refractivity contribution in [2.45, 2.75) is 56.8 Å². The highest BCUT2D eigenvalue weighted by molar-refractivity contribution is 5.83. The first-order valence-electron chi connectivity index (χ1n) is 11.9. The Labute approximate surface area is 213 Å². The Morgan fingerprint density at radius 2 is 1.82 bits per heavy atom. The monoisotopic (exact) mass is 531 g/mol. The van der Waals surface area contributed by atoms with Crippen molar-refractivity contribution in [2.24, 2.45) is 0 Å². The fourth-order valence-corrected chi connectivity index (χ4v) is 5.41. The zero-order valence-electron chi connectivity index (χ0n) is 20.2. The van der Waals surface area contributed by atoms with Gasteiger partial charge in [0, 0.05) is 23.5 Å². The predicted octanol–water partition coefficient (Wildman–Crippen LogP) is 5.56. The van der Waals surface area contributed by atoms with E-state index in [1.165, 1.54) is 18.2 Å². The summed E-state index contributed by atoms with van der Waals surface area (Å²) in [5.74, 6) is 0.356. The molecule has 1 unspecified atom stereocenters. The Balaban J connectivity index is 1.51. The molecule has 2 bridgehead atoms. The quantitative estimate of drug-likeness (QED) is 0.336. The van der Waals surface area contributed by atoms with Gasteiger partial charge in [0.1, 0.15) is 23.2 Å². The summed E-state index contributed by atoms with van der Waals surface area (Å²) >= 11 is 0. The Kier molecular flexibility index (Phi) is 5.48.